The number of nitrogens with one attached hydrogen (secondary N) is 2. The minimum Gasteiger partial charge on any atom is -0.465 e. The van der Waals surface area contributed by atoms with E-state index < -0.39 is 11.6 Å². The van der Waals surface area contributed by atoms with Gasteiger partial charge < -0.3 is 19.8 Å². The Morgan fingerprint density at radius 3 is 2.03 bits per heavy atom. The molecule has 2 aliphatic heterocycles. The van der Waals surface area contributed by atoms with Crippen LogP contribution >= 0.6 is 0 Å². The second-order valence-electron chi connectivity index (χ2n) is 15.3. The molecule has 0 saturated carbocycles. The highest BCUT2D eigenvalue weighted by molar-refractivity contribution is 5.92. The maximum Gasteiger partial charge on any atom is 0.410 e. The Morgan fingerprint density at radius 2 is 1.36 bits per heavy atom. The number of H-pyrrole nitrogens is 2. The van der Waals surface area contributed by atoms with Crippen LogP contribution in [-0.4, -0.2) is 70.1 Å². The fraction of sp³-hybridized carbons (Fsp3) is 0.217. The van der Waals surface area contributed by atoms with E-state index in [1.54, 1.807) is 4.90 Å². The molecule has 0 aliphatic carbocycles. The normalized spacial score (nSPS) is 18.1. The van der Waals surface area contributed by atoms with E-state index in [0.29, 0.717) is 48.9 Å². The van der Waals surface area contributed by atoms with Crippen LogP contribution in [0.25, 0.3) is 55.4 Å². The van der Waals surface area contributed by atoms with Crippen LogP contribution in [0.1, 0.15) is 54.5 Å². The van der Waals surface area contributed by atoms with E-state index in [2.05, 4.69) is 52.4 Å². The van der Waals surface area contributed by atoms with Gasteiger partial charge in [-0.1, -0.05) is 84.9 Å². The molecule has 288 valence electrons. The van der Waals surface area contributed by atoms with Gasteiger partial charge in [0.15, 0.2) is 11.3 Å². The molecule has 0 unspecified atom stereocenters. The molecular formula is C46H40N8O4. The van der Waals surface area contributed by atoms with Crippen molar-refractivity contribution in [2.24, 2.45) is 0 Å². The second kappa shape index (κ2) is 14.5. The number of hydrogen-bond donors (Lipinski definition) is 3. The molecule has 4 aromatic heterocycles. The molecule has 2 aliphatic rings. The number of fused-ring (bicyclic) bond motifs is 3. The summed E-state index contributed by atoms with van der Waals surface area (Å²) in [4.78, 5) is 54.9. The standard InChI is InChI=1S/C46H40N8O4/c55-44(56)54-20-8-18-46(54,25-29-9-3-1-4-10-29)43-50-38-24-36(27-48-41(38)52-43)34-17-15-31-21-33(16-14-32(31)22-34)35-23-37-40(47-26-35)51-42(49-37)39-13-7-19-53(39)45(57)58-28-30-11-5-2-6-12-30/h1-6,9-12,14-17,21-24,26-27,39H,7-8,13,18-20,25,28H2,(H,55,56)(H,47,49,51)(H,48,50,52)/t39-,46-/m0/s1. The van der Waals surface area contributed by atoms with E-state index in [-0.39, 0.29) is 18.7 Å². The number of likely N-dealkylation sites (tertiary alicyclic amines) is 2. The molecule has 2 fully saturated rings. The molecule has 2 saturated heterocycles. The van der Waals surface area contributed by atoms with Gasteiger partial charge in [0.25, 0.3) is 0 Å². The average molecular weight is 769 g/mol. The molecule has 12 nitrogen and oxygen atoms in total. The van der Waals surface area contributed by atoms with E-state index in [4.69, 9.17) is 24.7 Å². The highest BCUT2D eigenvalue weighted by atomic mass is 16.6. The van der Waals surface area contributed by atoms with Crippen LogP contribution in [0.3, 0.4) is 0 Å². The lowest BCUT2D eigenvalue weighted by atomic mass is 9.87. The Balaban J connectivity index is 0.886. The maximum atomic E-state index is 13.1. The van der Waals surface area contributed by atoms with Gasteiger partial charge in [-0.2, -0.15) is 0 Å². The fourth-order valence-corrected chi connectivity index (χ4v) is 8.79. The van der Waals surface area contributed by atoms with E-state index in [0.717, 1.165) is 74.4 Å². The summed E-state index contributed by atoms with van der Waals surface area (Å²) in [5.74, 6) is 1.34. The van der Waals surface area contributed by atoms with Crippen molar-refractivity contribution in [1.82, 2.24) is 39.7 Å². The number of aromatic amines is 2. The predicted molar refractivity (Wildman–Crippen MR) is 221 cm³/mol. The summed E-state index contributed by atoms with van der Waals surface area (Å²) in [6.07, 6.45) is 6.02. The number of aromatic nitrogens is 6. The van der Waals surface area contributed by atoms with Gasteiger partial charge in [0.2, 0.25) is 0 Å². The van der Waals surface area contributed by atoms with Gasteiger partial charge in [-0.15, -0.1) is 0 Å². The van der Waals surface area contributed by atoms with Gasteiger partial charge in [-0.25, -0.2) is 29.5 Å². The molecule has 0 spiro atoms. The second-order valence-corrected chi connectivity index (χ2v) is 15.3. The topological polar surface area (TPSA) is 153 Å². The molecule has 0 bridgehead atoms. The van der Waals surface area contributed by atoms with Gasteiger partial charge >= 0.3 is 12.2 Å². The lowest BCUT2D eigenvalue weighted by Crippen LogP contribution is -2.46. The summed E-state index contributed by atoms with van der Waals surface area (Å²) < 4.78 is 5.65. The zero-order valence-electron chi connectivity index (χ0n) is 31.6. The number of ether oxygens (including phenoxy) is 1. The van der Waals surface area contributed by atoms with Crippen LogP contribution in [0.2, 0.25) is 0 Å². The van der Waals surface area contributed by atoms with Crippen LogP contribution in [-0.2, 0) is 23.3 Å². The van der Waals surface area contributed by atoms with Crippen molar-refractivity contribution in [3.8, 4) is 22.3 Å². The monoisotopic (exact) mass is 768 g/mol. The maximum absolute atomic E-state index is 13.1. The third kappa shape index (κ3) is 6.46. The van der Waals surface area contributed by atoms with E-state index >= 15 is 0 Å². The molecule has 12 heteroatoms. The fourth-order valence-electron chi connectivity index (χ4n) is 8.79. The quantitative estimate of drug-likeness (QED) is 0.138. The number of hydrogen-bond acceptors (Lipinski definition) is 7. The highest BCUT2D eigenvalue weighted by Gasteiger charge is 2.47. The highest BCUT2D eigenvalue weighted by Crippen LogP contribution is 2.42. The summed E-state index contributed by atoms with van der Waals surface area (Å²) in [6.45, 7) is 1.30. The summed E-state index contributed by atoms with van der Waals surface area (Å²) in [5.41, 5.74) is 7.88. The number of pyridine rings is 2. The number of carbonyl (C=O) groups excluding carboxylic acids is 1. The van der Waals surface area contributed by atoms with Crippen molar-refractivity contribution in [3.05, 3.63) is 144 Å². The zero-order chi connectivity index (χ0) is 39.2. The van der Waals surface area contributed by atoms with E-state index in [1.165, 1.54) is 4.90 Å². The van der Waals surface area contributed by atoms with Crippen LogP contribution in [0, 0.1) is 0 Å². The minimum absolute atomic E-state index is 0.201. The number of benzene rings is 4. The molecule has 0 radical (unpaired) electrons. The Bertz CT molecular complexity index is 2820. The molecule has 4 aromatic carbocycles. The van der Waals surface area contributed by atoms with Crippen molar-refractivity contribution >= 4 is 45.3 Å². The third-order valence-electron chi connectivity index (χ3n) is 11.7. The number of carboxylic acid groups (broad SMARTS) is 1. The number of carbonyl (C=O) groups is 2. The molecule has 8 aromatic rings. The van der Waals surface area contributed by atoms with Gasteiger partial charge in [0.1, 0.15) is 23.8 Å². The first-order chi connectivity index (χ1) is 28.4. The summed E-state index contributed by atoms with van der Waals surface area (Å²) in [5, 5.41) is 12.4. The molecule has 6 heterocycles. The number of nitrogens with zero attached hydrogens (tertiary/aromatic N) is 6. The largest absolute Gasteiger partial charge is 0.465 e. The zero-order valence-corrected chi connectivity index (χ0v) is 31.6. The molecule has 3 N–H and O–H groups in total. The van der Waals surface area contributed by atoms with Crippen LogP contribution in [0.15, 0.2) is 122 Å². The van der Waals surface area contributed by atoms with Gasteiger partial charge in [0, 0.05) is 43.0 Å². The number of rotatable bonds is 8. The summed E-state index contributed by atoms with van der Waals surface area (Å²) in [6, 6.07) is 36.3. The minimum atomic E-state index is -0.944. The van der Waals surface area contributed by atoms with E-state index in [1.807, 2.05) is 79.1 Å². The average Bonchev–Trinajstić information content (AvgIpc) is 4.08. The first-order valence-corrected chi connectivity index (χ1v) is 19.7. The SMILES string of the molecule is O=C(OCc1ccccc1)N1CCC[C@H]1c1nc2ncc(-c3ccc4cc(-c5cnc6nc([C@@]7(Cc8ccccc8)CCCN7C(=O)O)[nH]c6c5)ccc4c3)cc2[nH]1. The Hall–Kier alpha value is -7.08. The molecular weight excluding hydrogens is 729 g/mol. The first kappa shape index (κ1) is 35.3. The number of imidazole rings is 2. The summed E-state index contributed by atoms with van der Waals surface area (Å²) in [7, 11) is 0. The Kier molecular flexibility index (Phi) is 8.81. The third-order valence-corrected chi connectivity index (χ3v) is 11.7. The first-order valence-electron chi connectivity index (χ1n) is 19.7. The van der Waals surface area contributed by atoms with Crippen molar-refractivity contribution in [1.29, 1.82) is 0 Å². The Labute approximate surface area is 333 Å². The van der Waals surface area contributed by atoms with Crippen LogP contribution in [0.5, 0.6) is 0 Å². The lowest BCUT2D eigenvalue weighted by molar-refractivity contribution is 0.0909. The van der Waals surface area contributed by atoms with Crippen molar-refractivity contribution < 1.29 is 19.4 Å². The van der Waals surface area contributed by atoms with Gasteiger partial charge in [0.05, 0.1) is 17.1 Å². The van der Waals surface area contributed by atoms with Crippen molar-refractivity contribution in [2.75, 3.05) is 13.1 Å². The van der Waals surface area contributed by atoms with Gasteiger partial charge in [-0.05, 0) is 83.0 Å². The van der Waals surface area contributed by atoms with Crippen LogP contribution < -0.4 is 0 Å². The summed E-state index contributed by atoms with van der Waals surface area (Å²) >= 11 is 0. The number of amides is 2. The van der Waals surface area contributed by atoms with Crippen LogP contribution in [0.4, 0.5) is 9.59 Å². The molecule has 2 atom stereocenters. The van der Waals surface area contributed by atoms with Gasteiger partial charge in [-0.3, -0.25) is 9.80 Å². The predicted octanol–water partition coefficient (Wildman–Crippen LogP) is 9.40. The Morgan fingerprint density at radius 1 is 0.724 bits per heavy atom. The van der Waals surface area contributed by atoms with E-state index in [9.17, 15) is 14.7 Å². The van der Waals surface area contributed by atoms with Crippen molar-refractivity contribution in [2.45, 2.75) is 50.3 Å². The molecule has 58 heavy (non-hydrogen) atoms. The van der Waals surface area contributed by atoms with Crippen molar-refractivity contribution in [3.63, 3.8) is 0 Å². The smallest absolute Gasteiger partial charge is 0.410 e. The lowest BCUT2D eigenvalue weighted by Gasteiger charge is -2.35. The molecule has 2 amide bonds. The molecule has 10 rings (SSSR count).